The van der Waals surface area contributed by atoms with Crippen molar-refractivity contribution in [3.63, 3.8) is 0 Å². The Morgan fingerprint density at radius 1 is 1.28 bits per heavy atom. The van der Waals surface area contributed by atoms with Crippen LogP contribution in [-0.2, 0) is 0 Å². The molecule has 18 heavy (non-hydrogen) atoms. The van der Waals surface area contributed by atoms with Crippen LogP contribution in [0.4, 0.5) is 11.6 Å². The molecule has 4 nitrogen and oxygen atoms in total. The second-order valence-corrected chi connectivity index (χ2v) is 5.39. The monoisotopic (exact) mass is 248 g/mol. The van der Waals surface area contributed by atoms with Gasteiger partial charge in [0.1, 0.15) is 17.5 Å². The molecule has 0 saturated heterocycles. The zero-order chi connectivity index (χ0) is 13.1. The van der Waals surface area contributed by atoms with Crippen molar-refractivity contribution >= 4 is 11.6 Å². The molecule has 0 spiro atoms. The second-order valence-electron chi connectivity index (χ2n) is 5.39. The molecule has 4 heteroatoms. The van der Waals surface area contributed by atoms with Gasteiger partial charge in [0.25, 0.3) is 0 Å². The maximum atomic E-state index is 5.79. The van der Waals surface area contributed by atoms with Gasteiger partial charge in [-0.05, 0) is 38.5 Å². The fraction of sp³-hybridized carbons (Fsp3) is 0.714. The standard InChI is InChI=1S/C14H24N4/c1-4-11-5-7-12(8-6-11)18(3)14-9-13(15)16-10(2)17-14/h9,11-12H,4-8H2,1-3H3,(H2,15,16,17). The van der Waals surface area contributed by atoms with Gasteiger partial charge in [-0.1, -0.05) is 13.3 Å². The molecule has 0 aliphatic heterocycles. The fourth-order valence-electron chi connectivity index (χ4n) is 2.88. The molecule has 0 unspecified atom stereocenters. The topological polar surface area (TPSA) is 55.0 Å². The lowest BCUT2D eigenvalue weighted by Gasteiger charge is -2.35. The summed E-state index contributed by atoms with van der Waals surface area (Å²) in [7, 11) is 2.12. The summed E-state index contributed by atoms with van der Waals surface area (Å²) in [6, 6.07) is 2.47. The molecule has 0 radical (unpaired) electrons. The number of aromatic nitrogens is 2. The Morgan fingerprint density at radius 2 is 1.94 bits per heavy atom. The molecule has 1 fully saturated rings. The SMILES string of the molecule is CCC1CCC(N(C)c2cc(N)nc(C)n2)CC1. The van der Waals surface area contributed by atoms with Gasteiger partial charge in [-0.15, -0.1) is 0 Å². The number of aryl methyl sites for hydroxylation is 1. The third kappa shape index (κ3) is 2.92. The van der Waals surface area contributed by atoms with Crippen LogP contribution in [0.15, 0.2) is 6.07 Å². The van der Waals surface area contributed by atoms with Crippen molar-refractivity contribution in [3.8, 4) is 0 Å². The Bertz CT molecular complexity index is 377. The molecule has 1 saturated carbocycles. The Kier molecular flexibility index (Phi) is 4.04. The number of nitrogens with two attached hydrogens (primary N) is 1. The maximum absolute atomic E-state index is 5.79. The second kappa shape index (κ2) is 5.55. The number of rotatable bonds is 3. The quantitative estimate of drug-likeness (QED) is 0.893. The van der Waals surface area contributed by atoms with Gasteiger partial charge in [-0.3, -0.25) is 0 Å². The molecule has 0 bridgehead atoms. The van der Waals surface area contributed by atoms with E-state index in [1.54, 1.807) is 0 Å². The highest BCUT2D eigenvalue weighted by Crippen LogP contribution is 2.30. The molecule has 2 rings (SSSR count). The summed E-state index contributed by atoms with van der Waals surface area (Å²) in [4.78, 5) is 10.9. The Balaban J connectivity index is 2.05. The Hall–Kier alpha value is -1.32. The highest BCUT2D eigenvalue weighted by molar-refractivity contribution is 5.47. The Labute approximate surface area is 110 Å². The molecule has 2 N–H and O–H groups in total. The minimum absolute atomic E-state index is 0.562. The van der Waals surface area contributed by atoms with E-state index in [0.717, 1.165) is 17.6 Å². The number of hydrogen-bond donors (Lipinski definition) is 1. The smallest absolute Gasteiger partial charge is 0.134 e. The van der Waals surface area contributed by atoms with Crippen molar-refractivity contribution in [3.05, 3.63) is 11.9 Å². The minimum Gasteiger partial charge on any atom is -0.384 e. The lowest BCUT2D eigenvalue weighted by Crippen LogP contribution is -2.35. The first-order chi connectivity index (χ1) is 8.60. The van der Waals surface area contributed by atoms with E-state index in [2.05, 4.69) is 28.8 Å². The third-order valence-corrected chi connectivity index (χ3v) is 4.15. The van der Waals surface area contributed by atoms with Gasteiger partial charge in [0.15, 0.2) is 0 Å². The molecule has 1 aliphatic rings. The summed E-state index contributed by atoms with van der Waals surface area (Å²) in [5.74, 6) is 3.19. The molecule has 1 aromatic rings. The van der Waals surface area contributed by atoms with Gasteiger partial charge in [0.05, 0.1) is 0 Å². The first-order valence-electron chi connectivity index (χ1n) is 6.94. The molecule has 1 aliphatic carbocycles. The normalized spacial score (nSPS) is 23.9. The van der Waals surface area contributed by atoms with Gasteiger partial charge in [0, 0.05) is 19.2 Å². The predicted octanol–water partition coefficient (Wildman–Crippen LogP) is 2.77. The molecule has 1 heterocycles. The van der Waals surface area contributed by atoms with Crippen LogP contribution in [0.5, 0.6) is 0 Å². The number of anilines is 2. The molecule has 1 aromatic heterocycles. The van der Waals surface area contributed by atoms with Gasteiger partial charge in [-0.2, -0.15) is 0 Å². The van der Waals surface area contributed by atoms with Crippen LogP contribution in [-0.4, -0.2) is 23.1 Å². The van der Waals surface area contributed by atoms with Crippen molar-refractivity contribution in [1.82, 2.24) is 9.97 Å². The summed E-state index contributed by atoms with van der Waals surface area (Å²) in [6.07, 6.45) is 6.52. The van der Waals surface area contributed by atoms with Crippen LogP contribution in [0.3, 0.4) is 0 Å². The summed E-state index contributed by atoms with van der Waals surface area (Å²) < 4.78 is 0. The summed E-state index contributed by atoms with van der Waals surface area (Å²) in [6.45, 7) is 4.19. The van der Waals surface area contributed by atoms with Crippen molar-refractivity contribution in [2.24, 2.45) is 5.92 Å². The third-order valence-electron chi connectivity index (χ3n) is 4.15. The highest BCUT2D eigenvalue weighted by Gasteiger charge is 2.24. The predicted molar refractivity (Wildman–Crippen MR) is 75.6 cm³/mol. The van der Waals surface area contributed by atoms with E-state index < -0.39 is 0 Å². The van der Waals surface area contributed by atoms with Crippen LogP contribution in [0.25, 0.3) is 0 Å². The van der Waals surface area contributed by atoms with Gasteiger partial charge >= 0.3 is 0 Å². The maximum Gasteiger partial charge on any atom is 0.134 e. The van der Waals surface area contributed by atoms with Crippen molar-refractivity contribution in [2.75, 3.05) is 17.7 Å². The highest BCUT2D eigenvalue weighted by atomic mass is 15.2. The van der Waals surface area contributed by atoms with E-state index in [4.69, 9.17) is 5.73 Å². The minimum atomic E-state index is 0.562. The number of nitrogen functional groups attached to an aromatic ring is 1. The van der Waals surface area contributed by atoms with Gasteiger partial charge in [0.2, 0.25) is 0 Å². The Morgan fingerprint density at radius 3 is 2.50 bits per heavy atom. The lowest BCUT2D eigenvalue weighted by molar-refractivity contribution is 0.313. The van der Waals surface area contributed by atoms with Crippen LogP contribution >= 0.6 is 0 Å². The zero-order valence-corrected chi connectivity index (χ0v) is 11.7. The van der Waals surface area contributed by atoms with E-state index in [9.17, 15) is 0 Å². The van der Waals surface area contributed by atoms with E-state index in [0.29, 0.717) is 11.9 Å². The molecular formula is C14H24N4. The summed E-state index contributed by atoms with van der Waals surface area (Å²) in [5.41, 5.74) is 5.79. The van der Waals surface area contributed by atoms with E-state index in [1.165, 1.54) is 32.1 Å². The van der Waals surface area contributed by atoms with E-state index in [-0.39, 0.29) is 0 Å². The average molecular weight is 248 g/mol. The summed E-state index contributed by atoms with van der Waals surface area (Å²) >= 11 is 0. The van der Waals surface area contributed by atoms with E-state index >= 15 is 0 Å². The molecule has 0 atom stereocenters. The molecular weight excluding hydrogens is 224 g/mol. The van der Waals surface area contributed by atoms with Crippen LogP contribution < -0.4 is 10.6 Å². The largest absolute Gasteiger partial charge is 0.384 e. The number of nitrogens with zero attached hydrogens (tertiary/aromatic N) is 3. The van der Waals surface area contributed by atoms with Crippen LogP contribution in [0, 0.1) is 12.8 Å². The zero-order valence-electron chi connectivity index (χ0n) is 11.7. The molecule has 0 aromatic carbocycles. The van der Waals surface area contributed by atoms with Crippen LogP contribution in [0.2, 0.25) is 0 Å². The van der Waals surface area contributed by atoms with Crippen molar-refractivity contribution in [1.29, 1.82) is 0 Å². The van der Waals surface area contributed by atoms with Crippen molar-refractivity contribution in [2.45, 2.75) is 52.0 Å². The van der Waals surface area contributed by atoms with Gasteiger partial charge < -0.3 is 10.6 Å². The van der Waals surface area contributed by atoms with Crippen LogP contribution in [0.1, 0.15) is 44.9 Å². The lowest BCUT2D eigenvalue weighted by atomic mass is 9.84. The first kappa shape index (κ1) is 13.1. The van der Waals surface area contributed by atoms with E-state index in [1.807, 2.05) is 13.0 Å². The summed E-state index contributed by atoms with van der Waals surface area (Å²) in [5, 5.41) is 0. The molecule has 100 valence electrons. The van der Waals surface area contributed by atoms with Gasteiger partial charge in [-0.25, -0.2) is 9.97 Å². The first-order valence-corrected chi connectivity index (χ1v) is 6.94. The molecule has 0 amide bonds. The fourth-order valence-corrected chi connectivity index (χ4v) is 2.88. The van der Waals surface area contributed by atoms with Crippen molar-refractivity contribution < 1.29 is 0 Å². The average Bonchev–Trinajstić information content (AvgIpc) is 2.37. The number of hydrogen-bond acceptors (Lipinski definition) is 4.